The second kappa shape index (κ2) is 11.3. The van der Waals surface area contributed by atoms with Gasteiger partial charge >= 0.3 is 0 Å². The van der Waals surface area contributed by atoms with Gasteiger partial charge in [-0.3, -0.25) is 0 Å². The highest BCUT2D eigenvalue weighted by molar-refractivity contribution is 6.10. The third-order valence-electron chi connectivity index (χ3n) is 10.4. The molecule has 0 bridgehead atoms. The molecule has 1 heterocycles. The van der Waals surface area contributed by atoms with Gasteiger partial charge in [0, 0.05) is 38.6 Å². The minimum Gasteiger partial charge on any atom is -0.310 e. The normalized spacial score (nSPS) is 15.0. The van der Waals surface area contributed by atoms with Crippen LogP contribution in [0.3, 0.4) is 0 Å². The minimum atomic E-state index is -0.413. The molecule has 0 unspecified atom stereocenters. The summed E-state index contributed by atoms with van der Waals surface area (Å²) in [5.41, 5.74) is 9.40. The first-order valence-electron chi connectivity index (χ1n) is 20.7. The number of anilines is 3. The average Bonchev–Trinajstić information content (AvgIpc) is 3.73. The summed E-state index contributed by atoms with van der Waals surface area (Å²) in [6, 6.07) is 44.9. The number of benzene rings is 8. The van der Waals surface area contributed by atoms with E-state index in [1.54, 1.807) is 16.7 Å². The van der Waals surface area contributed by atoms with Crippen LogP contribution in [0, 0.1) is 0 Å². The van der Waals surface area contributed by atoms with Crippen LogP contribution in [0.2, 0.25) is 0 Å². The molecular weight excluding hydrogens is 617 g/mol. The molecule has 10 rings (SSSR count). The standard InChI is InChI=1S/C49H36N2/c1-49(2)44-20-10-8-18-40(44)41-29-28-38(32-45(41)49)50(46-22-12-14-34-13-6-7-17-39(34)46)37-26-23-33(24-27-37)35-25-30-48-43(31-35)42-19-9-11-21-47(42)51(48)36-15-4-3-5-16-36/h3-32H,1-2H3/i9D,11D,19D,21D,25D,30D,31D. The molecule has 0 N–H and O–H groups in total. The number of rotatable bonds is 5. The van der Waals surface area contributed by atoms with Crippen molar-refractivity contribution in [3.63, 3.8) is 0 Å². The van der Waals surface area contributed by atoms with E-state index in [0.29, 0.717) is 11.3 Å². The lowest BCUT2D eigenvalue weighted by molar-refractivity contribution is 0.660. The molecule has 0 fully saturated rings. The van der Waals surface area contributed by atoms with Crippen molar-refractivity contribution in [2.24, 2.45) is 0 Å². The molecule has 8 aromatic carbocycles. The van der Waals surface area contributed by atoms with Gasteiger partial charge in [0.1, 0.15) is 0 Å². The molecule has 0 radical (unpaired) electrons. The number of hydrogen-bond donors (Lipinski definition) is 0. The molecule has 1 aromatic heterocycles. The van der Waals surface area contributed by atoms with Gasteiger partial charge in [0.15, 0.2) is 0 Å². The average molecular weight is 660 g/mol. The monoisotopic (exact) mass is 659 g/mol. The zero-order chi connectivity index (χ0) is 40.2. The molecule has 1 aliphatic carbocycles. The summed E-state index contributed by atoms with van der Waals surface area (Å²) in [6.45, 7) is 4.55. The first-order valence-corrected chi connectivity index (χ1v) is 17.2. The van der Waals surface area contributed by atoms with Gasteiger partial charge in [-0.25, -0.2) is 0 Å². The summed E-state index contributed by atoms with van der Waals surface area (Å²) in [5, 5.41) is 2.56. The Kier molecular flexibility index (Phi) is 5.13. The van der Waals surface area contributed by atoms with Crippen LogP contribution in [0.25, 0.3) is 60.5 Å². The highest BCUT2D eigenvalue weighted by atomic mass is 15.1. The Hall–Kier alpha value is -6.38. The van der Waals surface area contributed by atoms with Gasteiger partial charge in [0.25, 0.3) is 0 Å². The first kappa shape index (κ1) is 23.1. The number of fused-ring (bicyclic) bond motifs is 7. The van der Waals surface area contributed by atoms with Crippen LogP contribution in [0.4, 0.5) is 17.1 Å². The van der Waals surface area contributed by atoms with Crippen molar-refractivity contribution in [3.05, 3.63) is 193 Å². The van der Waals surface area contributed by atoms with Gasteiger partial charge in [-0.2, -0.15) is 0 Å². The van der Waals surface area contributed by atoms with Crippen molar-refractivity contribution >= 4 is 49.6 Å². The second-order valence-electron chi connectivity index (χ2n) is 13.6. The summed E-state index contributed by atoms with van der Waals surface area (Å²) < 4.78 is 64.9. The maximum atomic E-state index is 9.64. The molecule has 0 amide bonds. The smallest absolute Gasteiger partial charge is 0.0645 e. The van der Waals surface area contributed by atoms with Gasteiger partial charge in [0.05, 0.1) is 26.3 Å². The first-order chi connectivity index (χ1) is 28.0. The van der Waals surface area contributed by atoms with Crippen LogP contribution in [0.1, 0.15) is 34.6 Å². The Morgan fingerprint density at radius 3 is 2.12 bits per heavy atom. The molecule has 0 saturated carbocycles. The third-order valence-corrected chi connectivity index (χ3v) is 10.4. The fraction of sp³-hybridized carbons (Fsp3) is 0.0612. The molecule has 1 aliphatic rings. The van der Waals surface area contributed by atoms with Crippen molar-refractivity contribution in [2.45, 2.75) is 19.3 Å². The fourth-order valence-corrected chi connectivity index (χ4v) is 7.93. The van der Waals surface area contributed by atoms with Gasteiger partial charge in [-0.1, -0.05) is 135 Å². The van der Waals surface area contributed by atoms with E-state index in [-0.39, 0.29) is 63.0 Å². The van der Waals surface area contributed by atoms with Gasteiger partial charge in [0.2, 0.25) is 0 Å². The van der Waals surface area contributed by atoms with Crippen LogP contribution in [0.15, 0.2) is 182 Å². The van der Waals surface area contributed by atoms with E-state index in [1.165, 1.54) is 22.3 Å². The molecule has 242 valence electrons. The number of para-hydroxylation sites is 2. The Labute approximate surface area is 308 Å². The molecule has 0 atom stereocenters. The van der Waals surface area contributed by atoms with Crippen molar-refractivity contribution in [1.29, 1.82) is 0 Å². The van der Waals surface area contributed by atoms with Crippen molar-refractivity contribution in [3.8, 4) is 27.9 Å². The van der Waals surface area contributed by atoms with Crippen LogP contribution in [-0.2, 0) is 5.41 Å². The fourth-order valence-electron chi connectivity index (χ4n) is 7.93. The molecule has 0 saturated heterocycles. The zero-order valence-corrected chi connectivity index (χ0v) is 28.2. The van der Waals surface area contributed by atoms with E-state index in [2.05, 4.69) is 91.5 Å². The zero-order valence-electron chi connectivity index (χ0n) is 35.2. The predicted molar refractivity (Wildman–Crippen MR) is 216 cm³/mol. The highest BCUT2D eigenvalue weighted by Crippen LogP contribution is 2.51. The van der Waals surface area contributed by atoms with E-state index >= 15 is 0 Å². The summed E-state index contributed by atoms with van der Waals surface area (Å²) >= 11 is 0. The summed E-state index contributed by atoms with van der Waals surface area (Å²) in [4.78, 5) is 2.25. The highest BCUT2D eigenvalue weighted by Gasteiger charge is 2.35. The number of hydrogen-bond acceptors (Lipinski definition) is 1. The van der Waals surface area contributed by atoms with Crippen LogP contribution >= 0.6 is 0 Å². The Morgan fingerprint density at radius 1 is 0.529 bits per heavy atom. The molecule has 0 aliphatic heterocycles. The second-order valence-corrected chi connectivity index (χ2v) is 13.6. The van der Waals surface area contributed by atoms with Crippen molar-refractivity contribution in [1.82, 2.24) is 4.57 Å². The van der Waals surface area contributed by atoms with E-state index in [1.807, 2.05) is 54.6 Å². The van der Waals surface area contributed by atoms with Crippen LogP contribution < -0.4 is 4.90 Å². The quantitative estimate of drug-likeness (QED) is 0.178. The Balaban J connectivity index is 1.18. The third kappa shape index (κ3) is 4.57. The number of nitrogens with zero attached hydrogens (tertiary/aromatic N) is 2. The van der Waals surface area contributed by atoms with Crippen LogP contribution in [0.5, 0.6) is 0 Å². The van der Waals surface area contributed by atoms with Crippen molar-refractivity contribution < 1.29 is 9.60 Å². The molecule has 0 spiro atoms. The molecule has 2 nitrogen and oxygen atoms in total. The van der Waals surface area contributed by atoms with E-state index in [4.69, 9.17) is 5.48 Å². The maximum Gasteiger partial charge on any atom is 0.0645 e. The molecular formula is C49H36N2. The summed E-state index contributed by atoms with van der Waals surface area (Å²) in [6.07, 6.45) is 0. The topological polar surface area (TPSA) is 8.17 Å². The number of aromatic nitrogens is 1. The van der Waals surface area contributed by atoms with Crippen molar-refractivity contribution in [2.75, 3.05) is 4.90 Å². The Bertz CT molecular complexity index is 3160. The van der Waals surface area contributed by atoms with Gasteiger partial charge in [-0.05, 0) is 99.4 Å². The lowest BCUT2D eigenvalue weighted by Gasteiger charge is -2.29. The van der Waals surface area contributed by atoms with Gasteiger partial charge in [-0.15, -0.1) is 0 Å². The van der Waals surface area contributed by atoms with E-state index in [0.717, 1.165) is 27.8 Å². The van der Waals surface area contributed by atoms with Gasteiger partial charge < -0.3 is 9.47 Å². The van der Waals surface area contributed by atoms with E-state index < -0.39 is 12.1 Å². The van der Waals surface area contributed by atoms with E-state index in [9.17, 15) is 4.11 Å². The summed E-state index contributed by atoms with van der Waals surface area (Å²) in [5.74, 6) is 0. The largest absolute Gasteiger partial charge is 0.310 e. The van der Waals surface area contributed by atoms with Crippen LogP contribution in [-0.4, -0.2) is 4.57 Å². The lowest BCUT2D eigenvalue weighted by Crippen LogP contribution is -2.16. The summed E-state index contributed by atoms with van der Waals surface area (Å²) in [7, 11) is 0. The molecule has 9 aromatic rings. The Morgan fingerprint density at radius 2 is 1.24 bits per heavy atom. The lowest BCUT2D eigenvalue weighted by atomic mass is 9.82. The SMILES string of the molecule is [2H]c1c([2H])c([2H])c2c(c1[2H])c1c([2H])c(-c3ccc(N(c4ccc5c(c4)C(C)(C)c4ccccc4-5)c4cccc5ccccc45)cc3)c([2H])c([2H])c1n2-c1ccccc1. The minimum absolute atomic E-state index is 0.0696. The predicted octanol–water partition coefficient (Wildman–Crippen LogP) is 13.4. The maximum absolute atomic E-state index is 9.64. The molecule has 51 heavy (non-hydrogen) atoms. The molecule has 2 heteroatoms.